The predicted molar refractivity (Wildman–Crippen MR) is 341 cm³/mol. The van der Waals surface area contributed by atoms with Gasteiger partial charge in [0.05, 0.1) is 32.0 Å². The second-order valence-corrected chi connectivity index (χ2v) is 23.6. The first-order chi connectivity index (χ1) is 41.1. The van der Waals surface area contributed by atoms with Gasteiger partial charge in [-0.3, -0.25) is 4.79 Å². The van der Waals surface area contributed by atoms with Gasteiger partial charge in [0.2, 0.25) is 5.91 Å². The Kier molecular flexibility index (Phi) is 50.0. The zero-order valence-corrected chi connectivity index (χ0v) is 52.6. The molecular formula is C70H123NO13. The fourth-order valence-electron chi connectivity index (χ4n) is 10.7. The summed E-state index contributed by atoms with van der Waals surface area (Å²) in [7, 11) is 0. The van der Waals surface area contributed by atoms with Crippen molar-refractivity contribution in [3.63, 3.8) is 0 Å². The first-order valence-electron chi connectivity index (χ1n) is 33.8. The number of hydrogen-bond acceptors (Lipinski definition) is 13. The van der Waals surface area contributed by atoms with E-state index >= 15 is 0 Å². The molecule has 0 aliphatic carbocycles. The third-order valence-electron chi connectivity index (χ3n) is 16.1. The van der Waals surface area contributed by atoms with E-state index in [1.54, 1.807) is 6.08 Å². The summed E-state index contributed by atoms with van der Waals surface area (Å²) in [6.07, 6.45) is 57.6. The largest absolute Gasteiger partial charge is 0.394 e. The number of carbonyl (C=O) groups excluding carboxylic acids is 1. The van der Waals surface area contributed by atoms with Crippen LogP contribution in [0.15, 0.2) is 85.1 Å². The maximum Gasteiger partial charge on any atom is 0.220 e. The summed E-state index contributed by atoms with van der Waals surface area (Å²) < 4.78 is 22.8. The Labute approximate surface area is 510 Å². The molecule has 14 nitrogen and oxygen atoms in total. The summed E-state index contributed by atoms with van der Waals surface area (Å²) in [5, 5.41) is 87.4. The minimum atomic E-state index is -1.79. The SMILES string of the molecule is CC/C=C\C/C=C\C/C=C\C/C=C\C/C=C\C/C=C\CCCCCCCCCCCCC(=O)NC(COC1OC(CO)C(OC2OC(CO)C(O)C(O)C2O)C(O)C1O)C(O)/C=C/CCCCCCCCCCCCCCCCCCCCC. The number of unbranched alkanes of at least 4 members (excludes halogenated alkanes) is 29. The summed E-state index contributed by atoms with van der Waals surface area (Å²) in [5.41, 5.74) is 0. The summed E-state index contributed by atoms with van der Waals surface area (Å²) in [5.74, 6) is -0.245. The molecule has 12 unspecified atom stereocenters. The number of amides is 1. The fourth-order valence-corrected chi connectivity index (χ4v) is 10.7. The van der Waals surface area contributed by atoms with Crippen molar-refractivity contribution < 1.29 is 64.6 Å². The molecule has 84 heavy (non-hydrogen) atoms. The molecule has 0 spiro atoms. The van der Waals surface area contributed by atoms with Gasteiger partial charge in [-0.15, -0.1) is 0 Å². The second kappa shape index (κ2) is 54.3. The van der Waals surface area contributed by atoms with Crippen molar-refractivity contribution in [2.45, 2.75) is 331 Å². The molecule has 2 fully saturated rings. The van der Waals surface area contributed by atoms with Gasteiger partial charge >= 0.3 is 0 Å². The molecule has 2 rings (SSSR count). The van der Waals surface area contributed by atoms with E-state index in [1.807, 2.05) is 6.08 Å². The molecule has 0 radical (unpaired) electrons. The van der Waals surface area contributed by atoms with Crippen LogP contribution in [0.2, 0.25) is 0 Å². The van der Waals surface area contributed by atoms with Crippen LogP contribution in [0.3, 0.4) is 0 Å². The van der Waals surface area contributed by atoms with E-state index in [4.69, 9.17) is 18.9 Å². The Bertz CT molecular complexity index is 1730. The van der Waals surface area contributed by atoms with Crippen LogP contribution in [-0.2, 0) is 23.7 Å². The van der Waals surface area contributed by atoms with E-state index in [0.29, 0.717) is 6.42 Å². The molecule has 2 saturated heterocycles. The average Bonchev–Trinajstić information content (AvgIpc) is 3.24. The number of carbonyl (C=O) groups is 1. The van der Waals surface area contributed by atoms with Crippen LogP contribution < -0.4 is 5.32 Å². The number of aliphatic hydroxyl groups excluding tert-OH is 8. The predicted octanol–water partition coefficient (Wildman–Crippen LogP) is 13.2. The van der Waals surface area contributed by atoms with Gasteiger partial charge in [-0.1, -0.05) is 266 Å². The van der Waals surface area contributed by atoms with Gasteiger partial charge in [0.1, 0.15) is 48.8 Å². The third kappa shape index (κ3) is 38.4. The number of hydrogen-bond donors (Lipinski definition) is 9. The van der Waals surface area contributed by atoms with Crippen LogP contribution in [0.1, 0.15) is 258 Å². The Morgan fingerprint density at radius 1 is 0.440 bits per heavy atom. The highest BCUT2D eigenvalue weighted by molar-refractivity contribution is 5.76. The van der Waals surface area contributed by atoms with Gasteiger partial charge in [0.25, 0.3) is 0 Å². The minimum absolute atomic E-state index is 0.245. The Balaban J connectivity index is 1.71. The summed E-state index contributed by atoms with van der Waals surface area (Å²) in [4.78, 5) is 13.3. The lowest BCUT2D eigenvalue weighted by atomic mass is 9.97. The van der Waals surface area contributed by atoms with Crippen LogP contribution in [-0.4, -0.2) is 140 Å². The van der Waals surface area contributed by atoms with Crippen molar-refractivity contribution in [1.29, 1.82) is 0 Å². The van der Waals surface area contributed by atoms with Crippen molar-refractivity contribution in [2.75, 3.05) is 19.8 Å². The highest BCUT2D eigenvalue weighted by atomic mass is 16.7. The summed E-state index contributed by atoms with van der Waals surface area (Å²) in [6.45, 7) is 2.70. The molecule has 0 aromatic heterocycles. The van der Waals surface area contributed by atoms with E-state index in [-0.39, 0.29) is 18.9 Å². The fraction of sp³-hybridized carbons (Fsp3) is 0.786. The molecule has 14 heteroatoms. The van der Waals surface area contributed by atoms with Crippen molar-refractivity contribution in [3.8, 4) is 0 Å². The highest BCUT2D eigenvalue weighted by Crippen LogP contribution is 2.30. The molecule has 2 aliphatic rings. The average molecular weight is 1190 g/mol. The Morgan fingerprint density at radius 2 is 0.821 bits per heavy atom. The molecule has 0 aromatic rings. The maximum absolute atomic E-state index is 13.3. The van der Waals surface area contributed by atoms with Gasteiger partial charge in [0.15, 0.2) is 12.6 Å². The first kappa shape index (κ1) is 77.3. The molecule has 12 atom stereocenters. The van der Waals surface area contributed by atoms with Crippen molar-refractivity contribution in [2.24, 2.45) is 0 Å². The molecule has 0 bridgehead atoms. The van der Waals surface area contributed by atoms with Gasteiger partial charge in [0, 0.05) is 6.42 Å². The summed E-state index contributed by atoms with van der Waals surface area (Å²) in [6, 6.07) is -0.923. The van der Waals surface area contributed by atoms with E-state index in [1.165, 1.54) is 148 Å². The van der Waals surface area contributed by atoms with Gasteiger partial charge in [-0.25, -0.2) is 0 Å². The van der Waals surface area contributed by atoms with Crippen molar-refractivity contribution in [1.82, 2.24) is 5.32 Å². The van der Waals surface area contributed by atoms with E-state index in [2.05, 4.69) is 92.1 Å². The lowest BCUT2D eigenvalue weighted by Gasteiger charge is -2.46. The van der Waals surface area contributed by atoms with Gasteiger partial charge in [-0.05, 0) is 70.6 Å². The van der Waals surface area contributed by atoms with E-state index in [0.717, 1.165) is 83.5 Å². The molecule has 486 valence electrons. The number of rotatable bonds is 54. The number of ether oxygens (including phenoxy) is 4. The highest BCUT2D eigenvalue weighted by Gasteiger charge is 2.51. The lowest BCUT2D eigenvalue weighted by molar-refractivity contribution is -0.359. The lowest BCUT2D eigenvalue weighted by Crippen LogP contribution is -2.65. The molecule has 2 heterocycles. The molecular weight excluding hydrogens is 1060 g/mol. The topological polar surface area (TPSA) is 228 Å². The van der Waals surface area contributed by atoms with Crippen molar-refractivity contribution >= 4 is 5.91 Å². The van der Waals surface area contributed by atoms with Crippen LogP contribution in [0, 0.1) is 0 Å². The zero-order valence-electron chi connectivity index (χ0n) is 52.6. The normalized spacial score (nSPS) is 24.2. The van der Waals surface area contributed by atoms with E-state index in [9.17, 15) is 45.6 Å². The standard InChI is InChI=1S/C70H123NO13/c1-3-5-7-9-11-13-15-17-19-21-23-25-26-27-28-29-30-31-32-34-36-38-40-42-44-46-48-50-52-54-62(75)71-58(59(74)53-51-49-47-45-43-41-39-37-35-33-24-22-20-18-16-14-12-10-8-6-4-2)57-81-69-67(80)65(78)68(61(56-73)83-69)84-70-66(79)64(77)63(76)60(55-72)82-70/h5,7,11,13,17,19,23,25,27-28,30-31,51,53,58-61,63-70,72-74,76-80H,3-4,6,8-10,12,14-16,18,20-22,24,26,29,32-50,52,54-57H2,1-2H3,(H,71,75)/b7-5-,13-11-,19-17-,25-23-,28-27-,31-30-,53-51+. The molecule has 0 saturated carbocycles. The van der Waals surface area contributed by atoms with Crippen LogP contribution in [0.5, 0.6) is 0 Å². The molecule has 1 amide bonds. The number of nitrogens with one attached hydrogen (secondary N) is 1. The zero-order chi connectivity index (χ0) is 60.9. The van der Waals surface area contributed by atoms with Gasteiger partial charge < -0.3 is 65.1 Å². The third-order valence-corrected chi connectivity index (χ3v) is 16.1. The first-order valence-corrected chi connectivity index (χ1v) is 33.8. The van der Waals surface area contributed by atoms with Crippen molar-refractivity contribution in [3.05, 3.63) is 85.1 Å². The van der Waals surface area contributed by atoms with Crippen LogP contribution >= 0.6 is 0 Å². The van der Waals surface area contributed by atoms with E-state index < -0.39 is 86.8 Å². The number of aliphatic hydroxyl groups is 8. The Hall–Kier alpha value is -2.83. The summed E-state index contributed by atoms with van der Waals surface area (Å²) >= 11 is 0. The van der Waals surface area contributed by atoms with Crippen LogP contribution in [0.4, 0.5) is 0 Å². The molecule has 0 aromatic carbocycles. The smallest absolute Gasteiger partial charge is 0.220 e. The van der Waals surface area contributed by atoms with Crippen LogP contribution in [0.25, 0.3) is 0 Å². The maximum atomic E-state index is 13.3. The number of allylic oxidation sites excluding steroid dienone is 13. The van der Waals surface area contributed by atoms with Gasteiger partial charge in [-0.2, -0.15) is 0 Å². The second-order valence-electron chi connectivity index (χ2n) is 23.6. The minimum Gasteiger partial charge on any atom is -0.394 e. The molecule has 2 aliphatic heterocycles. The monoisotopic (exact) mass is 1190 g/mol. The quantitative estimate of drug-likeness (QED) is 0.0204. The Morgan fingerprint density at radius 3 is 1.26 bits per heavy atom. The molecule has 9 N–H and O–H groups in total.